The molecule has 1 aromatic carbocycles. The molecule has 0 atom stereocenters. The number of aromatic nitrogens is 2. The van der Waals surface area contributed by atoms with Crippen molar-refractivity contribution in [2.45, 2.75) is 20.4 Å². The van der Waals surface area contributed by atoms with E-state index in [1.54, 1.807) is 26.0 Å². The van der Waals surface area contributed by atoms with Crippen molar-refractivity contribution in [3.63, 3.8) is 0 Å². The number of anilines is 1. The van der Waals surface area contributed by atoms with Crippen molar-refractivity contribution in [1.82, 2.24) is 9.97 Å². The maximum absolute atomic E-state index is 13.5. The van der Waals surface area contributed by atoms with E-state index in [1.165, 1.54) is 12.4 Å². The lowest BCUT2D eigenvalue weighted by atomic mass is 10.1. The number of halogens is 1. The van der Waals surface area contributed by atoms with E-state index in [0.717, 1.165) is 5.56 Å². The maximum atomic E-state index is 13.5. The number of rotatable bonds is 3. The van der Waals surface area contributed by atoms with Crippen LogP contribution in [0.2, 0.25) is 0 Å². The first-order chi connectivity index (χ1) is 9.11. The first-order valence-electron chi connectivity index (χ1n) is 5.82. The van der Waals surface area contributed by atoms with E-state index in [2.05, 4.69) is 15.3 Å². The number of nitrogens with zero attached hydrogens (tertiary/aromatic N) is 3. The molecule has 96 valence electrons. The Morgan fingerprint density at radius 1 is 1.21 bits per heavy atom. The molecule has 4 nitrogen and oxygen atoms in total. The Bertz CT molecular complexity index is 623. The van der Waals surface area contributed by atoms with E-state index in [1.807, 2.05) is 6.07 Å². The molecule has 2 aromatic rings. The van der Waals surface area contributed by atoms with Gasteiger partial charge in [-0.3, -0.25) is 0 Å². The molecule has 1 aromatic heterocycles. The highest BCUT2D eigenvalue weighted by molar-refractivity contribution is 5.47. The van der Waals surface area contributed by atoms with Crippen LogP contribution in [0.1, 0.15) is 22.4 Å². The fraction of sp³-hybridized carbons (Fsp3) is 0.214. The average molecular weight is 256 g/mol. The van der Waals surface area contributed by atoms with Gasteiger partial charge in [0.1, 0.15) is 11.9 Å². The van der Waals surface area contributed by atoms with E-state index in [9.17, 15) is 4.39 Å². The number of hydrogen-bond acceptors (Lipinski definition) is 4. The van der Waals surface area contributed by atoms with Crippen LogP contribution < -0.4 is 5.32 Å². The molecule has 0 fully saturated rings. The molecule has 1 N–H and O–H groups in total. The average Bonchev–Trinajstić information content (AvgIpc) is 2.42. The van der Waals surface area contributed by atoms with Crippen LogP contribution in [0.5, 0.6) is 0 Å². The van der Waals surface area contributed by atoms with Gasteiger partial charge in [-0.25, -0.2) is 14.4 Å². The highest BCUT2D eigenvalue weighted by Crippen LogP contribution is 2.16. The van der Waals surface area contributed by atoms with Crippen LogP contribution in [-0.2, 0) is 6.54 Å². The van der Waals surface area contributed by atoms with Crippen LogP contribution in [0.15, 0.2) is 24.5 Å². The van der Waals surface area contributed by atoms with E-state index in [0.29, 0.717) is 23.5 Å². The smallest absolute Gasteiger partial charge is 0.182 e. The topological polar surface area (TPSA) is 61.6 Å². The molecular formula is C14H13FN4. The lowest BCUT2D eigenvalue weighted by molar-refractivity contribution is 0.608. The molecule has 2 rings (SSSR count). The molecule has 1 heterocycles. The minimum Gasteiger partial charge on any atom is -0.364 e. The van der Waals surface area contributed by atoms with Gasteiger partial charge in [0.2, 0.25) is 0 Å². The second-order valence-electron chi connectivity index (χ2n) is 4.26. The van der Waals surface area contributed by atoms with E-state index >= 15 is 0 Å². The number of nitrogens with one attached hydrogen (secondary N) is 1. The van der Waals surface area contributed by atoms with Gasteiger partial charge in [-0.1, -0.05) is 12.1 Å². The molecule has 0 bridgehead atoms. The number of nitriles is 1. The van der Waals surface area contributed by atoms with E-state index < -0.39 is 0 Å². The largest absolute Gasteiger partial charge is 0.364 e. The van der Waals surface area contributed by atoms with E-state index in [4.69, 9.17) is 5.26 Å². The van der Waals surface area contributed by atoms with E-state index in [-0.39, 0.29) is 11.5 Å². The monoisotopic (exact) mass is 256 g/mol. The molecule has 0 saturated heterocycles. The fourth-order valence-electron chi connectivity index (χ4n) is 1.87. The SMILES string of the molecule is Cc1cc(CNc2nccnc2C#N)cc(C)c1F. The van der Waals surface area contributed by atoms with Crippen molar-refractivity contribution in [1.29, 1.82) is 5.26 Å². The summed E-state index contributed by atoms with van der Waals surface area (Å²) >= 11 is 0. The van der Waals surface area contributed by atoms with Gasteiger partial charge in [0.15, 0.2) is 11.5 Å². The summed E-state index contributed by atoms with van der Waals surface area (Å²) in [5.41, 5.74) is 2.40. The number of hydrogen-bond donors (Lipinski definition) is 1. The predicted molar refractivity (Wildman–Crippen MR) is 69.9 cm³/mol. The zero-order valence-corrected chi connectivity index (χ0v) is 10.7. The van der Waals surface area contributed by atoms with Gasteiger partial charge in [-0.15, -0.1) is 0 Å². The van der Waals surface area contributed by atoms with Crippen molar-refractivity contribution < 1.29 is 4.39 Å². The lowest BCUT2D eigenvalue weighted by Crippen LogP contribution is -2.05. The van der Waals surface area contributed by atoms with Crippen molar-refractivity contribution in [3.8, 4) is 6.07 Å². The normalized spacial score (nSPS) is 10.0. The molecule has 0 aliphatic heterocycles. The Morgan fingerprint density at radius 3 is 2.47 bits per heavy atom. The van der Waals surface area contributed by atoms with Gasteiger partial charge in [0.05, 0.1) is 0 Å². The van der Waals surface area contributed by atoms with Gasteiger partial charge < -0.3 is 5.32 Å². The molecule has 0 aliphatic carbocycles. The summed E-state index contributed by atoms with van der Waals surface area (Å²) < 4.78 is 13.5. The molecule has 5 heteroatoms. The molecule has 0 radical (unpaired) electrons. The van der Waals surface area contributed by atoms with Crippen molar-refractivity contribution in [3.05, 3.63) is 52.7 Å². The van der Waals surface area contributed by atoms with Crippen LogP contribution in [0.3, 0.4) is 0 Å². The molecule has 0 aliphatic rings. The van der Waals surface area contributed by atoms with Gasteiger partial charge in [-0.2, -0.15) is 5.26 Å². The van der Waals surface area contributed by atoms with Gasteiger partial charge in [0, 0.05) is 18.9 Å². The predicted octanol–water partition coefficient (Wildman–Crippen LogP) is 2.72. The van der Waals surface area contributed by atoms with Crippen LogP contribution in [0.25, 0.3) is 0 Å². The van der Waals surface area contributed by atoms with Crippen molar-refractivity contribution in [2.24, 2.45) is 0 Å². The Morgan fingerprint density at radius 2 is 1.84 bits per heavy atom. The second-order valence-corrected chi connectivity index (χ2v) is 4.26. The second kappa shape index (κ2) is 5.44. The Kier molecular flexibility index (Phi) is 3.71. The van der Waals surface area contributed by atoms with Crippen LogP contribution >= 0.6 is 0 Å². The minimum absolute atomic E-state index is 0.180. The molecule has 19 heavy (non-hydrogen) atoms. The van der Waals surface area contributed by atoms with Gasteiger partial charge >= 0.3 is 0 Å². The summed E-state index contributed by atoms with van der Waals surface area (Å²) in [6, 6.07) is 5.52. The minimum atomic E-state index is -0.180. The third kappa shape index (κ3) is 2.86. The van der Waals surface area contributed by atoms with Gasteiger partial charge in [0.25, 0.3) is 0 Å². The van der Waals surface area contributed by atoms with Crippen molar-refractivity contribution in [2.75, 3.05) is 5.32 Å². The summed E-state index contributed by atoms with van der Waals surface area (Å²) in [5, 5.41) is 11.9. The third-order valence-electron chi connectivity index (χ3n) is 2.76. The molecule has 0 saturated carbocycles. The summed E-state index contributed by atoms with van der Waals surface area (Å²) in [7, 11) is 0. The summed E-state index contributed by atoms with van der Waals surface area (Å²) in [6.07, 6.45) is 2.99. The zero-order valence-electron chi connectivity index (χ0n) is 10.7. The Hall–Kier alpha value is -2.48. The quantitative estimate of drug-likeness (QED) is 0.917. The Labute approximate surface area is 110 Å². The van der Waals surface area contributed by atoms with Crippen molar-refractivity contribution >= 4 is 5.82 Å². The third-order valence-corrected chi connectivity index (χ3v) is 2.76. The van der Waals surface area contributed by atoms with Crippen LogP contribution in [0, 0.1) is 31.0 Å². The molecule has 0 amide bonds. The molecular weight excluding hydrogens is 243 g/mol. The highest BCUT2D eigenvalue weighted by Gasteiger charge is 2.06. The van der Waals surface area contributed by atoms with Crippen LogP contribution in [0.4, 0.5) is 10.2 Å². The summed E-state index contributed by atoms with van der Waals surface area (Å²) in [5.74, 6) is 0.255. The fourth-order valence-corrected chi connectivity index (χ4v) is 1.87. The standard InChI is InChI=1S/C14H13FN4/c1-9-5-11(6-10(2)13(9)15)8-19-14-12(7-16)17-3-4-18-14/h3-6H,8H2,1-2H3,(H,18,19). The summed E-state index contributed by atoms with van der Waals surface area (Å²) in [4.78, 5) is 7.97. The lowest BCUT2D eigenvalue weighted by Gasteiger charge is -2.09. The molecule has 0 unspecified atom stereocenters. The first kappa shape index (κ1) is 13.0. The zero-order chi connectivity index (χ0) is 13.8. The number of aryl methyl sites for hydroxylation is 2. The highest BCUT2D eigenvalue weighted by atomic mass is 19.1. The summed E-state index contributed by atoms with van der Waals surface area (Å²) in [6.45, 7) is 3.93. The first-order valence-corrected chi connectivity index (χ1v) is 5.82. The number of benzene rings is 1. The molecule has 0 spiro atoms. The van der Waals surface area contributed by atoms with Crippen LogP contribution in [-0.4, -0.2) is 9.97 Å². The van der Waals surface area contributed by atoms with Gasteiger partial charge in [-0.05, 0) is 30.5 Å². The Balaban J connectivity index is 2.17. The maximum Gasteiger partial charge on any atom is 0.182 e.